The zero-order valence-corrected chi connectivity index (χ0v) is 10.8. The van der Waals surface area contributed by atoms with Crippen molar-refractivity contribution in [3.05, 3.63) is 36.0 Å². The van der Waals surface area contributed by atoms with Crippen molar-refractivity contribution in [1.82, 2.24) is 10.3 Å². The summed E-state index contributed by atoms with van der Waals surface area (Å²) in [6.07, 6.45) is -2.86. The number of aromatic nitrogens is 1. The number of rotatable bonds is 5. The van der Waals surface area contributed by atoms with E-state index in [0.717, 1.165) is 10.9 Å². The molecule has 1 heterocycles. The number of benzene rings is 1. The number of alkyl halides is 3. The minimum atomic E-state index is -4.13. The summed E-state index contributed by atoms with van der Waals surface area (Å²) >= 11 is 0. The summed E-state index contributed by atoms with van der Waals surface area (Å²) < 4.78 is 35.9. The molecule has 0 aliphatic rings. The predicted molar refractivity (Wildman–Crippen MR) is 70.5 cm³/mol. The molecule has 0 saturated carbocycles. The van der Waals surface area contributed by atoms with Crippen LogP contribution in [0.5, 0.6) is 0 Å². The van der Waals surface area contributed by atoms with Crippen LogP contribution in [0.4, 0.5) is 13.2 Å². The van der Waals surface area contributed by atoms with E-state index in [4.69, 9.17) is 0 Å². The SMILES string of the molecule is O=C(NCCCCC(F)(F)F)c1cccc2cc[nH]c12. The lowest BCUT2D eigenvalue weighted by Crippen LogP contribution is -2.25. The number of nitrogens with one attached hydrogen (secondary N) is 2. The molecule has 2 N–H and O–H groups in total. The summed E-state index contributed by atoms with van der Waals surface area (Å²) in [5.74, 6) is -0.273. The third-order valence-corrected chi connectivity index (χ3v) is 3.00. The molecule has 0 spiro atoms. The van der Waals surface area contributed by atoms with Crippen molar-refractivity contribution in [2.75, 3.05) is 6.54 Å². The molecule has 0 aliphatic heterocycles. The summed E-state index contributed by atoms with van der Waals surface area (Å²) in [6, 6.07) is 7.19. The molecule has 108 valence electrons. The maximum absolute atomic E-state index is 12.0. The average molecular weight is 284 g/mol. The number of fused-ring (bicyclic) bond motifs is 1. The first kappa shape index (κ1) is 14.4. The summed E-state index contributed by atoms with van der Waals surface area (Å²) in [6.45, 7) is 0.242. The molecule has 0 unspecified atom stereocenters. The molecule has 3 nitrogen and oxygen atoms in total. The molecule has 2 rings (SSSR count). The van der Waals surface area contributed by atoms with Gasteiger partial charge in [0.05, 0.1) is 11.1 Å². The topological polar surface area (TPSA) is 44.9 Å². The fourth-order valence-corrected chi connectivity index (χ4v) is 2.02. The Morgan fingerprint density at radius 3 is 2.75 bits per heavy atom. The van der Waals surface area contributed by atoms with E-state index in [-0.39, 0.29) is 18.9 Å². The van der Waals surface area contributed by atoms with Crippen LogP contribution < -0.4 is 5.32 Å². The second-order valence-electron chi connectivity index (χ2n) is 4.58. The predicted octanol–water partition coefficient (Wildman–Crippen LogP) is 3.63. The lowest BCUT2D eigenvalue weighted by atomic mass is 10.1. The highest BCUT2D eigenvalue weighted by atomic mass is 19.4. The van der Waals surface area contributed by atoms with Crippen molar-refractivity contribution in [2.45, 2.75) is 25.4 Å². The maximum atomic E-state index is 12.0. The summed E-state index contributed by atoms with van der Waals surface area (Å²) in [5.41, 5.74) is 1.24. The standard InChI is InChI=1S/C14H15F3N2O/c15-14(16,17)7-1-2-8-19-13(20)11-5-3-4-10-6-9-18-12(10)11/h3-6,9,18H,1-2,7-8H2,(H,19,20). The van der Waals surface area contributed by atoms with Gasteiger partial charge in [0.15, 0.2) is 0 Å². The maximum Gasteiger partial charge on any atom is 0.389 e. The van der Waals surface area contributed by atoms with Crippen LogP contribution in [0.3, 0.4) is 0 Å². The van der Waals surface area contributed by atoms with Crippen LogP contribution in [0.25, 0.3) is 10.9 Å². The highest BCUT2D eigenvalue weighted by Gasteiger charge is 2.25. The van der Waals surface area contributed by atoms with Gasteiger partial charge in [0, 0.05) is 24.5 Å². The first-order valence-corrected chi connectivity index (χ1v) is 6.38. The Labute approximate surface area is 114 Å². The lowest BCUT2D eigenvalue weighted by molar-refractivity contribution is -0.135. The number of unbranched alkanes of at least 4 members (excludes halogenated alkanes) is 1. The van der Waals surface area contributed by atoms with E-state index in [1.54, 1.807) is 18.3 Å². The van der Waals surface area contributed by atoms with Crippen molar-refractivity contribution in [3.63, 3.8) is 0 Å². The highest BCUT2D eigenvalue weighted by molar-refractivity contribution is 6.05. The molecule has 6 heteroatoms. The fraction of sp³-hybridized carbons (Fsp3) is 0.357. The molecule has 0 atom stereocenters. The molecule has 0 aliphatic carbocycles. The van der Waals surface area contributed by atoms with E-state index in [1.807, 2.05) is 12.1 Å². The summed E-state index contributed by atoms with van der Waals surface area (Å²) in [4.78, 5) is 14.9. The van der Waals surface area contributed by atoms with Crippen LogP contribution in [0.1, 0.15) is 29.6 Å². The third-order valence-electron chi connectivity index (χ3n) is 3.00. The van der Waals surface area contributed by atoms with Gasteiger partial charge in [-0.05, 0) is 25.0 Å². The number of carbonyl (C=O) groups is 1. The van der Waals surface area contributed by atoms with Crippen LogP contribution in [0, 0.1) is 0 Å². The first-order chi connectivity index (χ1) is 9.47. The molecular formula is C14H15F3N2O. The van der Waals surface area contributed by atoms with Gasteiger partial charge in [-0.1, -0.05) is 12.1 Å². The summed E-state index contributed by atoms with van der Waals surface area (Å²) in [5, 5.41) is 3.57. The number of hydrogen-bond donors (Lipinski definition) is 2. The number of carbonyl (C=O) groups excluding carboxylic acids is 1. The monoisotopic (exact) mass is 284 g/mol. The quantitative estimate of drug-likeness (QED) is 0.809. The molecular weight excluding hydrogens is 269 g/mol. The van der Waals surface area contributed by atoms with Crippen LogP contribution in [0.15, 0.2) is 30.5 Å². The minimum Gasteiger partial charge on any atom is -0.361 e. The van der Waals surface area contributed by atoms with Gasteiger partial charge in [0.1, 0.15) is 0 Å². The second kappa shape index (κ2) is 5.98. The molecule has 1 aromatic carbocycles. The zero-order chi connectivity index (χ0) is 14.6. The Morgan fingerprint density at radius 1 is 1.20 bits per heavy atom. The van der Waals surface area contributed by atoms with E-state index >= 15 is 0 Å². The summed E-state index contributed by atoms with van der Waals surface area (Å²) in [7, 11) is 0. The smallest absolute Gasteiger partial charge is 0.361 e. The van der Waals surface area contributed by atoms with E-state index in [0.29, 0.717) is 12.0 Å². The van der Waals surface area contributed by atoms with Gasteiger partial charge in [0.2, 0.25) is 0 Å². The molecule has 1 amide bonds. The van der Waals surface area contributed by atoms with Crippen LogP contribution in [0.2, 0.25) is 0 Å². The van der Waals surface area contributed by atoms with Gasteiger partial charge in [-0.2, -0.15) is 13.2 Å². The number of H-pyrrole nitrogens is 1. The molecule has 20 heavy (non-hydrogen) atoms. The van der Waals surface area contributed by atoms with Crippen LogP contribution in [-0.4, -0.2) is 23.6 Å². The Morgan fingerprint density at radius 2 is 2.00 bits per heavy atom. The van der Waals surface area contributed by atoms with Crippen molar-refractivity contribution < 1.29 is 18.0 Å². The van der Waals surface area contributed by atoms with Crippen LogP contribution >= 0.6 is 0 Å². The van der Waals surface area contributed by atoms with E-state index < -0.39 is 12.6 Å². The molecule has 1 aromatic heterocycles. The van der Waals surface area contributed by atoms with Crippen molar-refractivity contribution in [2.24, 2.45) is 0 Å². The fourth-order valence-electron chi connectivity index (χ4n) is 2.02. The number of amides is 1. The largest absolute Gasteiger partial charge is 0.389 e. The first-order valence-electron chi connectivity index (χ1n) is 6.38. The van der Waals surface area contributed by atoms with Gasteiger partial charge in [-0.15, -0.1) is 0 Å². The number of halogens is 3. The molecule has 2 aromatic rings. The number of hydrogen-bond acceptors (Lipinski definition) is 1. The third kappa shape index (κ3) is 3.76. The Hall–Kier alpha value is -1.98. The van der Waals surface area contributed by atoms with Crippen LogP contribution in [-0.2, 0) is 0 Å². The highest BCUT2D eigenvalue weighted by Crippen LogP contribution is 2.22. The average Bonchev–Trinajstić information content (AvgIpc) is 2.84. The van der Waals surface area contributed by atoms with Gasteiger partial charge in [-0.25, -0.2) is 0 Å². The van der Waals surface area contributed by atoms with Gasteiger partial charge in [-0.3, -0.25) is 4.79 Å². The molecule has 0 fully saturated rings. The van der Waals surface area contributed by atoms with E-state index in [9.17, 15) is 18.0 Å². The van der Waals surface area contributed by atoms with Crippen molar-refractivity contribution in [1.29, 1.82) is 0 Å². The van der Waals surface area contributed by atoms with Crippen molar-refractivity contribution in [3.8, 4) is 0 Å². The van der Waals surface area contributed by atoms with Gasteiger partial charge < -0.3 is 10.3 Å². The Bertz CT molecular complexity index is 589. The minimum absolute atomic E-state index is 0.0243. The zero-order valence-electron chi connectivity index (χ0n) is 10.8. The molecule has 0 radical (unpaired) electrons. The van der Waals surface area contributed by atoms with E-state index in [2.05, 4.69) is 10.3 Å². The second-order valence-corrected chi connectivity index (χ2v) is 4.58. The number of aromatic amines is 1. The lowest BCUT2D eigenvalue weighted by Gasteiger charge is -2.08. The Balaban J connectivity index is 1.85. The Kier molecular flexibility index (Phi) is 4.32. The van der Waals surface area contributed by atoms with E-state index in [1.165, 1.54) is 0 Å². The normalized spacial score (nSPS) is 11.8. The molecule has 0 saturated heterocycles. The van der Waals surface area contributed by atoms with Gasteiger partial charge >= 0.3 is 6.18 Å². The molecule has 0 bridgehead atoms. The van der Waals surface area contributed by atoms with Crippen molar-refractivity contribution >= 4 is 16.8 Å². The number of para-hydroxylation sites is 1. The van der Waals surface area contributed by atoms with Gasteiger partial charge in [0.25, 0.3) is 5.91 Å².